The monoisotopic (exact) mass is 614 g/mol. The molecule has 1 fully saturated rings. The number of carbonyl (C=O) groups is 1. The van der Waals surface area contributed by atoms with Gasteiger partial charge in [0, 0.05) is 14.1 Å². The molecule has 1 aliphatic rings. The Morgan fingerprint density at radius 2 is 2.00 bits per heavy atom. The highest BCUT2D eigenvalue weighted by Crippen LogP contribution is 2.52. The fourth-order valence-corrected chi connectivity index (χ4v) is 6.69. The van der Waals surface area contributed by atoms with Gasteiger partial charge >= 0.3 is 12.6 Å². The number of aryl methyl sites for hydroxylation is 1. The number of rotatable bonds is 11. The summed E-state index contributed by atoms with van der Waals surface area (Å²) in [6, 6.07) is 7.33. The number of aromatic nitrogens is 4. The smallest absolute Gasteiger partial charge is 0.323 e. The second-order valence-corrected chi connectivity index (χ2v) is 13.0. The molecule has 0 aliphatic carbocycles. The largest absolute Gasteiger partial charge is 0.465 e. The zero-order valence-corrected chi connectivity index (χ0v) is 25.2. The lowest BCUT2D eigenvalue weighted by Gasteiger charge is -2.30. The molecule has 1 saturated heterocycles. The number of aliphatic hydroxyl groups is 1. The Kier molecular flexibility index (Phi) is 8.98. The van der Waals surface area contributed by atoms with Crippen molar-refractivity contribution in [3.05, 3.63) is 42.5 Å². The maximum absolute atomic E-state index is 16.3. The van der Waals surface area contributed by atoms with Crippen LogP contribution in [-0.4, -0.2) is 81.6 Å². The van der Waals surface area contributed by atoms with Gasteiger partial charge in [0.15, 0.2) is 35.0 Å². The molecule has 0 saturated carbocycles. The van der Waals surface area contributed by atoms with E-state index in [4.69, 9.17) is 30.3 Å². The van der Waals surface area contributed by atoms with E-state index >= 15 is 8.78 Å². The first kappa shape index (κ1) is 31.1. The van der Waals surface area contributed by atoms with Gasteiger partial charge < -0.3 is 28.5 Å². The minimum Gasteiger partial charge on any atom is -0.465 e. The Balaban J connectivity index is 1.63. The number of hydrogen-bond donors (Lipinski definition) is 2. The number of alkyl halides is 2. The van der Waals surface area contributed by atoms with Crippen LogP contribution in [0.15, 0.2) is 36.7 Å². The molecule has 0 spiro atoms. The van der Waals surface area contributed by atoms with Gasteiger partial charge in [-0.05, 0) is 51.6 Å². The van der Waals surface area contributed by atoms with E-state index in [1.807, 2.05) is 0 Å². The van der Waals surface area contributed by atoms with E-state index in [1.165, 1.54) is 17.8 Å². The van der Waals surface area contributed by atoms with E-state index in [0.29, 0.717) is 17.2 Å². The lowest BCUT2D eigenvalue weighted by atomic mass is 9.97. The van der Waals surface area contributed by atoms with Crippen molar-refractivity contribution in [2.75, 3.05) is 32.2 Å². The first-order valence-corrected chi connectivity index (χ1v) is 15.4. The minimum atomic E-state index is -3.70. The van der Waals surface area contributed by atoms with Gasteiger partial charge in [-0.2, -0.15) is 0 Å². The van der Waals surface area contributed by atoms with E-state index in [9.17, 15) is 9.90 Å². The van der Waals surface area contributed by atoms with Crippen LogP contribution < -0.4 is 14.5 Å². The highest BCUT2D eigenvalue weighted by atomic mass is 32.5. The van der Waals surface area contributed by atoms with Gasteiger partial charge in [0.25, 0.3) is 5.85 Å². The Labute approximate surface area is 241 Å². The summed E-state index contributed by atoms with van der Waals surface area (Å²) in [6.07, 6.45) is -2.74. The van der Waals surface area contributed by atoms with Gasteiger partial charge in [0.2, 0.25) is 0 Å². The Morgan fingerprint density at radius 1 is 1.32 bits per heavy atom. The number of benzene rings is 1. The van der Waals surface area contributed by atoms with Crippen molar-refractivity contribution in [3.63, 3.8) is 0 Å². The summed E-state index contributed by atoms with van der Waals surface area (Å²) >= 11 is 5.58. The van der Waals surface area contributed by atoms with Crippen LogP contribution in [0.1, 0.15) is 32.8 Å². The number of nitrogens with one attached hydrogen (secondary N) is 1. The normalized spacial score (nSPS) is 26.5. The average molecular weight is 615 g/mol. The maximum Gasteiger partial charge on any atom is 0.323 e. The number of aliphatic hydroxyl groups excluding tert-OH is 1. The second kappa shape index (κ2) is 11.8. The summed E-state index contributed by atoms with van der Waals surface area (Å²) in [5.74, 6) is -2.58. The van der Waals surface area contributed by atoms with Crippen LogP contribution in [0.25, 0.3) is 11.2 Å². The number of fused-ring (bicyclic) bond motifs is 1. The predicted molar refractivity (Wildman–Crippen MR) is 150 cm³/mol. The van der Waals surface area contributed by atoms with Crippen molar-refractivity contribution in [3.8, 4) is 5.75 Å². The molecule has 0 radical (unpaired) electrons. The summed E-state index contributed by atoms with van der Waals surface area (Å²) in [4.78, 5) is 27.0. The molecule has 6 atom stereocenters. The number of halogens is 2. The predicted octanol–water partition coefficient (Wildman–Crippen LogP) is 3.35. The number of nitrogens with zero attached hydrogens (tertiary/aromatic N) is 5. The Bertz CT molecular complexity index is 1450. The average Bonchev–Trinajstić information content (AvgIpc) is 3.40. The van der Waals surface area contributed by atoms with Gasteiger partial charge in [-0.15, -0.1) is 0 Å². The van der Waals surface area contributed by atoms with Crippen LogP contribution in [0, 0.1) is 6.92 Å². The maximum atomic E-state index is 16.3. The summed E-state index contributed by atoms with van der Waals surface area (Å²) in [6.45, 7) is 1.19. The third-order valence-electron chi connectivity index (χ3n) is 6.32. The third kappa shape index (κ3) is 6.35. The molecule has 16 heteroatoms. The summed E-state index contributed by atoms with van der Waals surface area (Å²) in [5, 5.41) is 13.6. The number of esters is 1. The molecule has 4 rings (SSSR count). The van der Waals surface area contributed by atoms with Gasteiger partial charge in [0.1, 0.15) is 24.2 Å². The van der Waals surface area contributed by atoms with Crippen LogP contribution in [-0.2, 0) is 30.6 Å². The van der Waals surface area contributed by atoms with Crippen molar-refractivity contribution < 1.29 is 37.2 Å². The van der Waals surface area contributed by atoms with Crippen LogP contribution in [0.3, 0.4) is 0 Å². The van der Waals surface area contributed by atoms with Crippen LogP contribution in [0.2, 0.25) is 0 Å². The second-order valence-electron chi connectivity index (χ2n) is 9.90. The molecule has 1 aliphatic heterocycles. The zero-order chi connectivity index (χ0) is 30.2. The number of hydrogen-bond acceptors (Lipinski definition) is 11. The molecule has 2 aromatic heterocycles. The zero-order valence-electron chi connectivity index (χ0n) is 23.4. The molecule has 41 heavy (non-hydrogen) atoms. The van der Waals surface area contributed by atoms with Gasteiger partial charge in [-0.25, -0.2) is 28.8 Å². The topological polar surface area (TPSA) is 133 Å². The molecule has 0 amide bonds. The molecule has 224 valence electrons. The van der Waals surface area contributed by atoms with Crippen molar-refractivity contribution >= 4 is 41.4 Å². The lowest BCUT2D eigenvalue weighted by Crippen LogP contribution is -2.47. The molecule has 1 aromatic carbocycles. The first-order valence-electron chi connectivity index (χ1n) is 12.8. The molecule has 0 unspecified atom stereocenters. The minimum absolute atomic E-state index is 0.127. The highest BCUT2D eigenvalue weighted by molar-refractivity contribution is 8.09. The third-order valence-corrected chi connectivity index (χ3v) is 8.80. The standard InChI is InChI=1S/C25H33F2N6O6PS/c1-7-36-21(34)15(2)31-40(41,39-17-11-9-8-10-12-17)37-13-25(27)22(35)24(4,26)23(38-25)33-14-28-18-19(32(5)6)29-16(3)30-20(18)33/h8-12,14-15,22-23,35H,7,13H2,1-6H3,(H,31,41)/t15-,22+,23-,24-,25-,40-/m1/s1. The molecule has 0 bridgehead atoms. The Morgan fingerprint density at radius 3 is 2.63 bits per heavy atom. The van der Waals surface area contributed by atoms with Crippen molar-refractivity contribution in [1.29, 1.82) is 0 Å². The van der Waals surface area contributed by atoms with E-state index in [2.05, 4.69) is 20.0 Å². The van der Waals surface area contributed by atoms with Crippen molar-refractivity contribution in [2.45, 2.75) is 57.6 Å². The van der Waals surface area contributed by atoms with E-state index in [-0.39, 0.29) is 18.0 Å². The van der Waals surface area contributed by atoms with Gasteiger partial charge in [-0.3, -0.25) is 9.36 Å². The number of carbonyl (C=O) groups excluding carboxylic acids is 1. The molecule has 3 aromatic rings. The molecule has 3 heterocycles. The SMILES string of the molecule is CCOC(=O)[C@@H](C)N[P@@](=S)(OC[C@@]1(F)O[C@@H](n2cnc3c(N(C)C)nc(C)nc32)[C@](C)(F)[C@@H]1O)Oc1ccccc1. The van der Waals surface area contributed by atoms with Crippen LogP contribution in [0.4, 0.5) is 14.6 Å². The Hall–Kier alpha value is -2.81. The molecular weight excluding hydrogens is 581 g/mol. The number of anilines is 1. The fraction of sp³-hybridized carbons (Fsp3) is 0.520. The van der Waals surface area contributed by atoms with E-state index < -0.39 is 49.1 Å². The summed E-state index contributed by atoms with van der Waals surface area (Å²) < 4.78 is 55.7. The van der Waals surface area contributed by atoms with E-state index in [0.717, 1.165) is 6.92 Å². The molecule has 2 N–H and O–H groups in total. The van der Waals surface area contributed by atoms with Crippen LogP contribution >= 0.6 is 6.64 Å². The van der Waals surface area contributed by atoms with Gasteiger partial charge in [0.05, 0.1) is 12.9 Å². The van der Waals surface area contributed by atoms with E-state index in [1.54, 1.807) is 63.2 Å². The number of para-hydroxylation sites is 1. The quantitative estimate of drug-likeness (QED) is 0.242. The highest BCUT2D eigenvalue weighted by Gasteiger charge is 2.65. The lowest BCUT2D eigenvalue weighted by molar-refractivity contribution is -0.202. The number of imidazole rings is 1. The molecular formula is C25H33F2N6O6PS. The van der Waals surface area contributed by atoms with Gasteiger partial charge in [-0.1, -0.05) is 18.2 Å². The fourth-order valence-electron chi connectivity index (χ4n) is 4.29. The molecule has 12 nitrogen and oxygen atoms in total. The van der Waals surface area contributed by atoms with Crippen molar-refractivity contribution in [1.82, 2.24) is 24.6 Å². The summed E-state index contributed by atoms with van der Waals surface area (Å²) in [5.41, 5.74) is -2.13. The van der Waals surface area contributed by atoms with Crippen LogP contribution in [0.5, 0.6) is 5.75 Å². The number of ether oxygens (including phenoxy) is 2. The first-order chi connectivity index (χ1) is 19.2. The summed E-state index contributed by atoms with van der Waals surface area (Å²) in [7, 11) is 3.52. The van der Waals surface area contributed by atoms with Crippen molar-refractivity contribution in [2.24, 2.45) is 0 Å².